The van der Waals surface area contributed by atoms with E-state index < -0.39 is 11.7 Å². The topological polar surface area (TPSA) is 97.8 Å². The van der Waals surface area contributed by atoms with Crippen molar-refractivity contribution >= 4 is 28.8 Å². The van der Waals surface area contributed by atoms with Gasteiger partial charge in [-0.05, 0) is 52.8 Å². The fourth-order valence-corrected chi connectivity index (χ4v) is 4.96. The molecule has 1 saturated heterocycles. The average molecular weight is 503 g/mol. The first-order valence-corrected chi connectivity index (χ1v) is 12.2. The van der Waals surface area contributed by atoms with Crippen LogP contribution in [-0.2, 0) is 0 Å². The molecule has 3 N–H and O–H groups in total. The molecule has 0 saturated carbocycles. The Kier molecular flexibility index (Phi) is 7.19. The van der Waals surface area contributed by atoms with Gasteiger partial charge in [0.25, 0.3) is 5.91 Å². The van der Waals surface area contributed by atoms with Gasteiger partial charge in [0.2, 0.25) is 0 Å². The number of imidazole rings is 1. The summed E-state index contributed by atoms with van der Waals surface area (Å²) in [6.45, 7) is 9.76. The fraction of sp³-hybridized carbons (Fsp3) is 0.480. The van der Waals surface area contributed by atoms with Crippen molar-refractivity contribution in [1.82, 2.24) is 24.6 Å². The van der Waals surface area contributed by atoms with Crippen molar-refractivity contribution in [2.45, 2.75) is 46.1 Å². The molecule has 0 spiro atoms. The van der Waals surface area contributed by atoms with Gasteiger partial charge in [-0.3, -0.25) is 9.20 Å². The fourth-order valence-electron chi connectivity index (χ4n) is 4.75. The molecule has 188 valence electrons. The van der Waals surface area contributed by atoms with E-state index in [1.807, 2.05) is 39.1 Å². The minimum Gasteiger partial charge on any atom is -0.490 e. The van der Waals surface area contributed by atoms with Crippen molar-refractivity contribution in [2.75, 3.05) is 32.4 Å². The molecule has 1 amide bonds. The summed E-state index contributed by atoms with van der Waals surface area (Å²) in [7, 11) is 2.05. The molecule has 2 aromatic heterocycles. The van der Waals surface area contributed by atoms with E-state index >= 15 is 4.39 Å². The largest absolute Gasteiger partial charge is 0.490 e. The van der Waals surface area contributed by atoms with Crippen LogP contribution in [0.3, 0.4) is 0 Å². The zero-order valence-electron chi connectivity index (χ0n) is 20.7. The highest BCUT2D eigenvalue weighted by Gasteiger charge is 2.30. The first kappa shape index (κ1) is 25.2. The molecular weight excluding hydrogens is 471 g/mol. The van der Waals surface area contributed by atoms with E-state index in [9.17, 15) is 4.79 Å². The summed E-state index contributed by atoms with van der Waals surface area (Å²) >= 11 is 6.32. The number of benzene rings is 1. The van der Waals surface area contributed by atoms with Gasteiger partial charge < -0.3 is 20.7 Å². The Morgan fingerprint density at radius 2 is 2.14 bits per heavy atom. The van der Waals surface area contributed by atoms with Crippen molar-refractivity contribution in [2.24, 2.45) is 5.92 Å². The molecule has 35 heavy (non-hydrogen) atoms. The Bertz CT molecular complexity index is 1260. The number of nitrogen functional groups attached to an aromatic ring is 1. The lowest BCUT2D eigenvalue weighted by Crippen LogP contribution is -2.32. The summed E-state index contributed by atoms with van der Waals surface area (Å²) in [4.78, 5) is 24.4. The third-order valence-corrected chi connectivity index (χ3v) is 6.73. The van der Waals surface area contributed by atoms with Crippen LogP contribution in [0.1, 0.15) is 60.5 Å². The maximum Gasteiger partial charge on any atom is 0.258 e. The van der Waals surface area contributed by atoms with Crippen LogP contribution in [0.2, 0.25) is 5.02 Å². The summed E-state index contributed by atoms with van der Waals surface area (Å²) in [6, 6.07) is 1.52. The monoisotopic (exact) mass is 502 g/mol. The summed E-state index contributed by atoms with van der Waals surface area (Å²) < 4.78 is 23.3. The summed E-state index contributed by atoms with van der Waals surface area (Å²) in [6.07, 6.45) is 4.06. The highest BCUT2D eigenvalue weighted by Crippen LogP contribution is 2.40. The van der Waals surface area contributed by atoms with Crippen LogP contribution in [-0.4, -0.2) is 58.0 Å². The smallest absolute Gasteiger partial charge is 0.258 e. The molecule has 10 heteroatoms. The average Bonchev–Trinajstić information content (AvgIpc) is 3.37. The highest BCUT2D eigenvalue weighted by atomic mass is 35.5. The van der Waals surface area contributed by atoms with E-state index in [1.54, 1.807) is 12.4 Å². The molecule has 2 unspecified atom stereocenters. The van der Waals surface area contributed by atoms with Gasteiger partial charge in [0.1, 0.15) is 28.5 Å². The molecule has 1 aliphatic rings. The number of carbonyl (C=O) groups excluding carboxylic acids is 1. The van der Waals surface area contributed by atoms with Crippen LogP contribution in [0.5, 0.6) is 5.75 Å². The standard InChI is InChI=1S/C25H32ClFN6O2/c1-13(2)35-22-17(14(3)24-31-15(4)21-23(28)29-7-9-33(21)24)10-18(26)20(27)19(22)25(34)30-11-16-6-8-32(5)12-16/h7,9-10,13-14,16H,6,8,11-12H2,1-5H3,(H2,28,29)(H,30,34). The van der Waals surface area contributed by atoms with Crippen molar-refractivity contribution in [3.05, 3.63) is 51.9 Å². The molecule has 1 aliphatic heterocycles. The predicted molar refractivity (Wildman–Crippen MR) is 135 cm³/mol. The number of hydrogen-bond acceptors (Lipinski definition) is 6. The summed E-state index contributed by atoms with van der Waals surface area (Å²) in [5.74, 6) is -0.213. The van der Waals surface area contributed by atoms with E-state index in [4.69, 9.17) is 27.1 Å². The second kappa shape index (κ2) is 9.99. The van der Waals surface area contributed by atoms with Crippen LogP contribution in [0.25, 0.3) is 5.52 Å². The highest BCUT2D eigenvalue weighted by molar-refractivity contribution is 6.31. The molecule has 4 rings (SSSR count). The number of aromatic nitrogens is 3. The van der Waals surface area contributed by atoms with Crippen LogP contribution in [0, 0.1) is 18.7 Å². The molecule has 8 nitrogen and oxygen atoms in total. The summed E-state index contributed by atoms with van der Waals surface area (Å²) in [5.41, 5.74) is 7.89. The molecule has 1 fully saturated rings. The molecule has 0 radical (unpaired) electrons. The Morgan fingerprint density at radius 3 is 2.80 bits per heavy atom. The molecular formula is C25H32ClFN6O2. The van der Waals surface area contributed by atoms with Crippen molar-refractivity contribution in [3.63, 3.8) is 0 Å². The number of fused-ring (bicyclic) bond motifs is 1. The van der Waals surface area contributed by atoms with E-state index in [1.165, 1.54) is 6.07 Å². The second-order valence-corrected chi connectivity index (χ2v) is 9.97. The van der Waals surface area contributed by atoms with Gasteiger partial charge in [0, 0.05) is 37.0 Å². The number of likely N-dealkylation sites (tertiary alicyclic amines) is 1. The van der Waals surface area contributed by atoms with Gasteiger partial charge in [0.05, 0.1) is 16.8 Å². The Morgan fingerprint density at radius 1 is 1.40 bits per heavy atom. The Balaban J connectivity index is 1.78. The van der Waals surface area contributed by atoms with Crippen LogP contribution < -0.4 is 15.8 Å². The van der Waals surface area contributed by atoms with Crippen LogP contribution >= 0.6 is 11.6 Å². The SMILES string of the molecule is Cc1nc(C(C)c2cc(Cl)c(F)c(C(=O)NCC3CCN(C)C3)c2OC(C)C)n2ccnc(N)c12. The number of anilines is 1. The molecule has 3 aromatic rings. The van der Waals surface area contributed by atoms with Crippen LogP contribution in [0.15, 0.2) is 18.5 Å². The number of nitrogens with zero attached hydrogens (tertiary/aromatic N) is 4. The maximum absolute atomic E-state index is 15.4. The van der Waals surface area contributed by atoms with Gasteiger partial charge in [-0.15, -0.1) is 0 Å². The van der Waals surface area contributed by atoms with E-state index in [0.29, 0.717) is 35.2 Å². The third kappa shape index (κ3) is 4.92. The molecule has 0 bridgehead atoms. The van der Waals surface area contributed by atoms with Crippen molar-refractivity contribution in [1.29, 1.82) is 0 Å². The van der Waals surface area contributed by atoms with Gasteiger partial charge in [0.15, 0.2) is 5.82 Å². The number of hydrogen-bond donors (Lipinski definition) is 2. The number of carbonyl (C=O) groups is 1. The third-order valence-electron chi connectivity index (χ3n) is 6.46. The van der Waals surface area contributed by atoms with E-state index in [-0.39, 0.29) is 28.4 Å². The number of ether oxygens (including phenoxy) is 1. The number of halogens is 2. The normalized spacial score (nSPS) is 17.3. The van der Waals surface area contributed by atoms with Gasteiger partial charge in [-0.2, -0.15) is 0 Å². The van der Waals surface area contributed by atoms with E-state index in [2.05, 4.69) is 15.2 Å². The molecule has 3 heterocycles. The number of amides is 1. The quantitative estimate of drug-likeness (QED) is 0.506. The van der Waals surface area contributed by atoms with Crippen molar-refractivity contribution < 1.29 is 13.9 Å². The van der Waals surface area contributed by atoms with Crippen LogP contribution in [0.4, 0.5) is 10.2 Å². The lowest BCUT2D eigenvalue weighted by Gasteiger charge is -2.23. The summed E-state index contributed by atoms with van der Waals surface area (Å²) in [5, 5.41) is 2.75. The molecule has 0 aliphatic carbocycles. The number of aryl methyl sites for hydroxylation is 1. The first-order chi connectivity index (χ1) is 16.6. The Labute approximate surface area is 209 Å². The maximum atomic E-state index is 15.4. The first-order valence-electron chi connectivity index (χ1n) is 11.8. The second-order valence-electron chi connectivity index (χ2n) is 9.57. The van der Waals surface area contributed by atoms with Gasteiger partial charge >= 0.3 is 0 Å². The predicted octanol–water partition coefficient (Wildman–Crippen LogP) is 4.03. The van der Waals surface area contributed by atoms with Crippen molar-refractivity contribution in [3.8, 4) is 5.75 Å². The zero-order chi connectivity index (χ0) is 25.4. The molecule has 1 aromatic carbocycles. The van der Waals surface area contributed by atoms with Gasteiger partial charge in [-0.25, -0.2) is 14.4 Å². The lowest BCUT2D eigenvalue weighted by atomic mass is 9.95. The zero-order valence-corrected chi connectivity index (χ0v) is 21.5. The minimum atomic E-state index is -0.795. The van der Waals surface area contributed by atoms with Gasteiger partial charge in [-0.1, -0.05) is 18.5 Å². The minimum absolute atomic E-state index is 0.146. The number of nitrogens with one attached hydrogen (secondary N) is 1. The van der Waals surface area contributed by atoms with E-state index in [0.717, 1.165) is 25.2 Å². The Hall–Kier alpha value is -2.91. The number of nitrogens with two attached hydrogens (primary N) is 1. The lowest BCUT2D eigenvalue weighted by molar-refractivity contribution is 0.0936. The number of rotatable bonds is 7. The molecule has 2 atom stereocenters.